The normalized spacial score (nSPS) is 21.5. The molecule has 2 rings (SSSR count). The SMILES string of the molecule is CN(c1cccc(Cl)c1)C1CCCNCC1. The van der Waals surface area contributed by atoms with Crippen LogP contribution in [0.15, 0.2) is 24.3 Å². The molecule has 1 aromatic rings. The smallest absolute Gasteiger partial charge is 0.0426 e. The van der Waals surface area contributed by atoms with Crippen LogP contribution in [0, 0.1) is 0 Å². The highest BCUT2D eigenvalue weighted by Crippen LogP contribution is 2.23. The van der Waals surface area contributed by atoms with E-state index in [1.807, 2.05) is 18.2 Å². The fourth-order valence-electron chi connectivity index (χ4n) is 2.29. The molecule has 3 heteroatoms. The Balaban J connectivity index is 2.07. The molecule has 1 N–H and O–H groups in total. The Labute approximate surface area is 103 Å². The highest BCUT2D eigenvalue weighted by atomic mass is 35.5. The van der Waals surface area contributed by atoms with Gasteiger partial charge >= 0.3 is 0 Å². The Bertz CT molecular complexity index is 332. The standard InChI is InChI=1S/C13H19ClN2/c1-16(12-6-3-8-15-9-7-12)13-5-2-4-11(14)10-13/h2,4-5,10,12,15H,3,6-9H2,1H3. The van der Waals surface area contributed by atoms with Gasteiger partial charge in [0.05, 0.1) is 0 Å². The van der Waals surface area contributed by atoms with Crippen molar-refractivity contribution < 1.29 is 0 Å². The molecule has 0 saturated carbocycles. The summed E-state index contributed by atoms with van der Waals surface area (Å²) in [5.41, 5.74) is 1.22. The Kier molecular flexibility index (Phi) is 4.08. The first kappa shape index (κ1) is 11.7. The van der Waals surface area contributed by atoms with Crippen LogP contribution in [0.5, 0.6) is 0 Å². The maximum Gasteiger partial charge on any atom is 0.0426 e. The summed E-state index contributed by atoms with van der Waals surface area (Å²) >= 11 is 6.02. The number of benzene rings is 1. The van der Waals surface area contributed by atoms with Crippen molar-refractivity contribution in [2.45, 2.75) is 25.3 Å². The van der Waals surface area contributed by atoms with Crippen molar-refractivity contribution in [1.29, 1.82) is 0 Å². The molecule has 0 radical (unpaired) electrons. The molecule has 88 valence electrons. The number of anilines is 1. The van der Waals surface area contributed by atoms with Gasteiger partial charge in [-0.05, 0) is 50.6 Å². The molecule has 16 heavy (non-hydrogen) atoms. The third kappa shape index (κ3) is 2.89. The summed E-state index contributed by atoms with van der Waals surface area (Å²) in [6.07, 6.45) is 3.73. The number of hydrogen-bond acceptors (Lipinski definition) is 2. The molecule has 1 fully saturated rings. The number of nitrogens with one attached hydrogen (secondary N) is 1. The second-order valence-electron chi connectivity index (χ2n) is 4.43. The number of nitrogens with zero attached hydrogens (tertiary/aromatic N) is 1. The van der Waals surface area contributed by atoms with Gasteiger partial charge in [0.1, 0.15) is 0 Å². The van der Waals surface area contributed by atoms with Gasteiger partial charge in [-0.1, -0.05) is 17.7 Å². The molecule has 1 atom stereocenters. The lowest BCUT2D eigenvalue weighted by Gasteiger charge is -2.29. The molecule has 0 spiro atoms. The van der Waals surface area contributed by atoms with Crippen LogP contribution in [-0.4, -0.2) is 26.2 Å². The van der Waals surface area contributed by atoms with E-state index in [0.29, 0.717) is 6.04 Å². The first-order valence-electron chi connectivity index (χ1n) is 5.96. The van der Waals surface area contributed by atoms with E-state index < -0.39 is 0 Å². The van der Waals surface area contributed by atoms with E-state index in [4.69, 9.17) is 11.6 Å². The van der Waals surface area contributed by atoms with Gasteiger partial charge in [-0.2, -0.15) is 0 Å². The van der Waals surface area contributed by atoms with E-state index in [0.717, 1.165) is 18.1 Å². The van der Waals surface area contributed by atoms with Crippen LogP contribution in [0.25, 0.3) is 0 Å². The van der Waals surface area contributed by atoms with Crippen molar-refractivity contribution in [3.05, 3.63) is 29.3 Å². The molecular weight excluding hydrogens is 220 g/mol. The highest BCUT2D eigenvalue weighted by Gasteiger charge is 2.16. The topological polar surface area (TPSA) is 15.3 Å². The monoisotopic (exact) mass is 238 g/mol. The molecule has 1 aromatic carbocycles. The quantitative estimate of drug-likeness (QED) is 0.853. The predicted octanol–water partition coefficient (Wildman–Crippen LogP) is 2.92. The van der Waals surface area contributed by atoms with Crippen LogP contribution in [0.2, 0.25) is 5.02 Å². The van der Waals surface area contributed by atoms with Crippen LogP contribution in [0.4, 0.5) is 5.69 Å². The molecular formula is C13H19ClN2. The second kappa shape index (κ2) is 5.55. The summed E-state index contributed by atoms with van der Waals surface area (Å²) in [6.45, 7) is 2.27. The zero-order valence-electron chi connectivity index (χ0n) is 9.75. The van der Waals surface area contributed by atoms with E-state index in [1.54, 1.807) is 0 Å². The summed E-state index contributed by atoms with van der Waals surface area (Å²) in [7, 11) is 2.17. The molecule has 0 aromatic heterocycles. The summed E-state index contributed by atoms with van der Waals surface area (Å²) in [5, 5.41) is 4.26. The van der Waals surface area contributed by atoms with E-state index >= 15 is 0 Å². The molecule has 1 heterocycles. The average molecular weight is 239 g/mol. The van der Waals surface area contributed by atoms with Crippen molar-refractivity contribution in [3.63, 3.8) is 0 Å². The maximum atomic E-state index is 6.02. The second-order valence-corrected chi connectivity index (χ2v) is 4.86. The average Bonchev–Trinajstić information content (AvgIpc) is 2.56. The summed E-state index contributed by atoms with van der Waals surface area (Å²) in [5.74, 6) is 0. The predicted molar refractivity (Wildman–Crippen MR) is 70.4 cm³/mol. The molecule has 2 nitrogen and oxygen atoms in total. The Morgan fingerprint density at radius 3 is 3.00 bits per heavy atom. The number of rotatable bonds is 2. The number of halogens is 1. The fourth-order valence-corrected chi connectivity index (χ4v) is 2.48. The first-order valence-corrected chi connectivity index (χ1v) is 6.34. The summed E-state index contributed by atoms with van der Waals surface area (Å²) < 4.78 is 0. The van der Waals surface area contributed by atoms with Gasteiger partial charge in [-0.15, -0.1) is 0 Å². The molecule has 1 unspecified atom stereocenters. The van der Waals surface area contributed by atoms with Crippen LogP contribution >= 0.6 is 11.6 Å². The Hall–Kier alpha value is -0.730. The maximum absolute atomic E-state index is 6.02. The lowest BCUT2D eigenvalue weighted by atomic mass is 10.1. The van der Waals surface area contributed by atoms with Crippen molar-refractivity contribution in [1.82, 2.24) is 5.32 Å². The Morgan fingerprint density at radius 1 is 1.31 bits per heavy atom. The van der Waals surface area contributed by atoms with Gasteiger partial charge in [0.15, 0.2) is 0 Å². The molecule has 1 aliphatic heterocycles. The molecule has 0 amide bonds. The summed E-state index contributed by atoms with van der Waals surface area (Å²) in [4.78, 5) is 2.36. The molecule has 1 saturated heterocycles. The minimum absolute atomic E-state index is 0.633. The lowest BCUT2D eigenvalue weighted by Crippen LogP contribution is -2.32. The van der Waals surface area contributed by atoms with E-state index in [2.05, 4.69) is 23.3 Å². The molecule has 1 aliphatic rings. The van der Waals surface area contributed by atoms with Gasteiger partial charge < -0.3 is 10.2 Å². The van der Waals surface area contributed by atoms with Crippen LogP contribution < -0.4 is 10.2 Å². The fraction of sp³-hybridized carbons (Fsp3) is 0.538. The van der Waals surface area contributed by atoms with Crippen LogP contribution in [0.3, 0.4) is 0 Å². The van der Waals surface area contributed by atoms with E-state index in [1.165, 1.54) is 24.9 Å². The van der Waals surface area contributed by atoms with Gasteiger partial charge in [0, 0.05) is 23.8 Å². The minimum Gasteiger partial charge on any atom is -0.372 e. The number of hydrogen-bond donors (Lipinski definition) is 1. The van der Waals surface area contributed by atoms with Crippen LogP contribution in [0.1, 0.15) is 19.3 Å². The summed E-state index contributed by atoms with van der Waals surface area (Å²) in [6, 6.07) is 8.74. The van der Waals surface area contributed by atoms with Gasteiger partial charge in [-0.25, -0.2) is 0 Å². The Morgan fingerprint density at radius 2 is 2.19 bits per heavy atom. The first-order chi connectivity index (χ1) is 7.77. The van der Waals surface area contributed by atoms with Crippen molar-refractivity contribution in [2.75, 3.05) is 25.0 Å². The van der Waals surface area contributed by atoms with Crippen molar-refractivity contribution >= 4 is 17.3 Å². The lowest BCUT2D eigenvalue weighted by molar-refractivity contribution is 0.567. The molecule has 0 aliphatic carbocycles. The third-order valence-electron chi connectivity index (χ3n) is 3.31. The minimum atomic E-state index is 0.633. The van der Waals surface area contributed by atoms with Gasteiger partial charge in [0.25, 0.3) is 0 Å². The molecule has 0 bridgehead atoms. The van der Waals surface area contributed by atoms with Crippen LogP contribution in [-0.2, 0) is 0 Å². The van der Waals surface area contributed by atoms with E-state index in [9.17, 15) is 0 Å². The zero-order valence-corrected chi connectivity index (χ0v) is 10.5. The highest BCUT2D eigenvalue weighted by molar-refractivity contribution is 6.30. The zero-order chi connectivity index (χ0) is 11.4. The third-order valence-corrected chi connectivity index (χ3v) is 3.54. The van der Waals surface area contributed by atoms with E-state index in [-0.39, 0.29) is 0 Å². The van der Waals surface area contributed by atoms with Crippen molar-refractivity contribution in [3.8, 4) is 0 Å². The largest absolute Gasteiger partial charge is 0.372 e. The van der Waals surface area contributed by atoms with Gasteiger partial charge in [0.2, 0.25) is 0 Å². The van der Waals surface area contributed by atoms with Gasteiger partial charge in [-0.3, -0.25) is 0 Å². The van der Waals surface area contributed by atoms with Crippen molar-refractivity contribution in [2.24, 2.45) is 0 Å².